The van der Waals surface area contributed by atoms with Crippen LogP contribution in [0.2, 0.25) is 0 Å². The van der Waals surface area contributed by atoms with Gasteiger partial charge in [0, 0.05) is 31.8 Å². The topological polar surface area (TPSA) is 86.5 Å². The van der Waals surface area contributed by atoms with Crippen molar-refractivity contribution in [1.82, 2.24) is 10.3 Å². The third-order valence-corrected chi connectivity index (χ3v) is 2.33. The number of amides is 1. The monoisotopic (exact) mass is 267 g/mol. The van der Waals surface area contributed by atoms with Crippen LogP contribution in [0.4, 0.5) is 0 Å². The van der Waals surface area contributed by atoms with Crippen LogP contribution in [0.1, 0.15) is 12.6 Å². The lowest BCUT2D eigenvalue weighted by Gasteiger charge is -2.08. The van der Waals surface area contributed by atoms with E-state index in [0.29, 0.717) is 18.9 Å². The van der Waals surface area contributed by atoms with Gasteiger partial charge < -0.3 is 20.5 Å². The molecule has 1 rings (SSSR count). The van der Waals surface area contributed by atoms with Crippen molar-refractivity contribution in [2.75, 3.05) is 26.9 Å². The molecular formula is C13H21N3O3. The summed E-state index contributed by atoms with van der Waals surface area (Å²) in [6.07, 6.45) is 2.32. The Morgan fingerprint density at radius 1 is 1.53 bits per heavy atom. The van der Waals surface area contributed by atoms with Gasteiger partial charge in [0.1, 0.15) is 5.75 Å². The van der Waals surface area contributed by atoms with Crippen molar-refractivity contribution < 1.29 is 14.3 Å². The van der Waals surface area contributed by atoms with Gasteiger partial charge in [0.25, 0.3) is 5.91 Å². The van der Waals surface area contributed by atoms with Gasteiger partial charge in [-0.25, -0.2) is 0 Å². The number of carbonyl (C=O) groups is 1. The van der Waals surface area contributed by atoms with Crippen LogP contribution in [0.15, 0.2) is 18.3 Å². The van der Waals surface area contributed by atoms with Crippen LogP contribution >= 0.6 is 0 Å². The molecule has 1 unspecified atom stereocenters. The van der Waals surface area contributed by atoms with Gasteiger partial charge >= 0.3 is 0 Å². The Kier molecular flexibility index (Phi) is 6.84. The molecule has 106 valence electrons. The summed E-state index contributed by atoms with van der Waals surface area (Å²) in [6.45, 7) is 2.86. The number of pyridine rings is 1. The van der Waals surface area contributed by atoms with Gasteiger partial charge in [0.05, 0.1) is 12.8 Å². The quantitative estimate of drug-likeness (QED) is 0.653. The summed E-state index contributed by atoms with van der Waals surface area (Å²) in [6, 6.07) is 3.71. The Morgan fingerprint density at radius 2 is 2.32 bits per heavy atom. The van der Waals surface area contributed by atoms with E-state index in [9.17, 15) is 4.79 Å². The number of hydrogen-bond donors (Lipinski definition) is 2. The zero-order chi connectivity index (χ0) is 14.1. The minimum absolute atomic E-state index is 0.0297. The lowest BCUT2D eigenvalue weighted by molar-refractivity contribution is -0.123. The van der Waals surface area contributed by atoms with Crippen LogP contribution < -0.4 is 15.8 Å². The van der Waals surface area contributed by atoms with Gasteiger partial charge in [-0.15, -0.1) is 0 Å². The Morgan fingerprint density at radius 3 is 2.89 bits per heavy atom. The van der Waals surface area contributed by atoms with Crippen LogP contribution in [-0.4, -0.2) is 43.8 Å². The maximum Gasteiger partial charge on any atom is 0.258 e. The minimum Gasteiger partial charge on any atom is -0.482 e. The molecule has 0 radical (unpaired) electrons. The molecule has 3 N–H and O–H groups in total. The average molecular weight is 267 g/mol. The molecule has 0 saturated heterocycles. The number of nitrogens with two attached hydrogens (primary N) is 1. The van der Waals surface area contributed by atoms with Crippen molar-refractivity contribution >= 4 is 5.91 Å². The summed E-state index contributed by atoms with van der Waals surface area (Å²) in [5.41, 5.74) is 6.59. The van der Waals surface area contributed by atoms with E-state index in [4.69, 9.17) is 15.2 Å². The van der Waals surface area contributed by atoms with E-state index in [1.54, 1.807) is 19.4 Å². The number of hydrogen-bond acceptors (Lipinski definition) is 5. The van der Waals surface area contributed by atoms with E-state index in [-0.39, 0.29) is 18.6 Å². The number of nitrogens with one attached hydrogen (secondary N) is 1. The van der Waals surface area contributed by atoms with Crippen LogP contribution in [0.5, 0.6) is 5.75 Å². The zero-order valence-electron chi connectivity index (χ0n) is 11.4. The normalized spacial score (nSPS) is 11.9. The molecule has 0 fully saturated rings. The van der Waals surface area contributed by atoms with Crippen molar-refractivity contribution in [3.63, 3.8) is 0 Å². The molecule has 0 aromatic carbocycles. The molecule has 1 atom stereocenters. The van der Waals surface area contributed by atoms with E-state index in [2.05, 4.69) is 10.3 Å². The highest BCUT2D eigenvalue weighted by molar-refractivity contribution is 5.77. The number of aromatic nitrogens is 1. The number of rotatable bonds is 8. The molecule has 0 aliphatic rings. The van der Waals surface area contributed by atoms with Gasteiger partial charge in [0.2, 0.25) is 0 Å². The number of methoxy groups -OCH3 is 1. The second kappa shape index (κ2) is 8.44. The van der Waals surface area contributed by atoms with Gasteiger partial charge in [-0.05, 0) is 19.1 Å². The molecule has 1 amide bonds. The van der Waals surface area contributed by atoms with Crippen molar-refractivity contribution in [2.24, 2.45) is 5.73 Å². The number of ether oxygens (including phenoxy) is 2. The molecule has 0 bridgehead atoms. The van der Waals surface area contributed by atoms with Crippen molar-refractivity contribution in [1.29, 1.82) is 0 Å². The third-order valence-electron chi connectivity index (χ3n) is 2.33. The van der Waals surface area contributed by atoms with Gasteiger partial charge in [-0.3, -0.25) is 9.78 Å². The Bertz CT molecular complexity index is 379. The molecule has 19 heavy (non-hydrogen) atoms. The van der Waals surface area contributed by atoms with E-state index >= 15 is 0 Å². The Labute approximate surface area is 113 Å². The predicted octanol–water partition coefficient (Wildman–Crippen LogP) is 0.113. The summed E-state index contributed by atoms with van der Waals surface area (Å²) in [5.74, 6) is 0.382. The van der Waals surface area contributed by atoms with E-state index < -0.39 is 0 Å². The maximum absolute atomic E-state index is 11.4. The van der Waals surface area contributed by atoms with Crippen LogP contribution in [0.3, 0.4) is 0 Å². The summed E-state index contributed by atoms with van der Waals surface area (Å²) >= 11 is 0. The highest BCUT2D eigenvalue weighted by Gasteiger charge is 2.03. The first kappa shape index (κ1) is 15.4. The highest BCUT2D eigenvalue weighted by Crippen LogP contribution is 2.09. The van der Waals surface area contributed by atoms with Crippen LogP contribution in [-0.2, 0) is 16.0 Å². The molecular weight excluding hydrogens is 246 g/mol. The van der Waals surface area contributed by atoms with Crippen LogP contribution in [0, 0.1) is 0 Å². The Balaban J connectivity index is 2.31. The highest BCUT2D eigenvalue weighted by atomic mass is 16.5. The molecule has 1 aromatic heterocycles. The fourth-order valence-corrected chi connectivity index (χ4v) is 1.44. The fourth-order valence-electron chi connectivity index (χ4n) is 1.44. The lowest BCUT2D eigenvalue weighted by atomic mass is 10.2. The van der Waals surface area contributed by atoms with Gasteiger partial charge in [-0.1, -0.05) is 0 Å². The van der Waals surface area contributed by atoms with Gasteiger partial charge in [0.15, 0.2) is 6.61 Å². The average Bonchev–Trinajstić information content (AvgIpc) is 2.37. The first-order valence-electron chi connectivity index (χ1n) is 6.20. The van der Waals surface area contributed by atoms with E-state index in [1.807, 2.05) is 13.0 Å². The van der Waals surface area contributed by atoms with Crippen molar-refractivity contribution in [3.05, 3.63) is 24.0 Å². The summed E-state index contributed by atoms with van der Waals surface area (Å²) in [5, 5.41) is 2.67. The minimum atomic E-state index is -0.184. The molecule has 6 heteroatoms. The number of carbonyl (C=O) groups excluding carboxylic acids is 1. The summed E-state index contributed by atoms with van der Waals surface area (Å²) in [7, 11) is 1.58. The first-order chi connectivity index (χ1) is 9.11. The second-order valence-electron chi connectivity index (χ2n) is 4.30. The standard InChI is InChI=1S/C13H21N3O3/c1-10(14)7-11-3-4-12(8-16-11)19-9-13(17)15-5-6-18-2/h3-4,8,10H,5-7,9,14H2,1-2H3,(H,15,17). The first-order valence-corrected chi connectivity index (χ1v) is 6.20. The molecule has 0 spiro atoms. The molecule has 0 aliphatic carbocycles. The Hall–Kier alpha value is -1.66. The van der Waals surface area contributed by atoms with Crippen LogP contribution in [0.25, 0.3) is 0 Å². The zero-order valence-corrected chi connectivity index (χ0v) is 11.4. The fraction of sp³-hybridized carbons (Fsp3) is 0.538. The largest absolute Gasteiger partial charge is 0.482 e. The molecule has 1 aromatic rings. The van der Waals surface area contributed by atoms with E-state index in [1.165, 1.54) is 0 Å². The SMILES string of the molecule is COCCNC(=O)COc1ccc(CC(C)N)nc1. The predicted molar refractivity (Wildman–Crippen MR) is 72.0 cm³/mol. The molecule has 0 saturated carbocycles. The molecule has 1 heterocycles. The third kappa shape index (κ3) is 6.73. The molecule has 0 aliphatic heterocycles. The van der Waals surface area contributed by atoms with Gasteiger partial charge in [-0.2, -0.15) is 0 Å². The second-order valence-corrected chi connectivity index (χ2v) is 4.30. The maximum atomic E-state index is 11.4. The number of nitrogens with zero attached hydrogens (tertiary/aromatic N) is 1. The van der Waals surface area contributed by atoms with Crippen molar-refractivity contribution in [3.8, 4) is 5.75 Å². The molecule has 6 nitrogen and oxygen atoms in total. The van der Waals surface area contributed by atoms with E-state index in [0.717, 1.165) is 12.1 Å². The summed E-state index contributed by atoms with van der Waals surface area (Å²) < 4.78 is 10.1. The van der Waals surface area contributed by atoms with Crippen molar-refractivity contribution in [2.45, 2.75) is 19.4 Å². The smallest absolute Gasteiger partial charge is 0.258 e. The summed E-state index contributed by atoms with van der Waals surface area (Å²) in [4.78, 5) is 15.6. The lowest BCUT2D eigenvalue weighted by Crippen LogP contribution is -2.31.